The molecule has 0 radical (unpaired) electrons. The Labute approximate surface area is 206 Å². The van der Waals surface area contributed by atoms with Gasteiger partial charge in [-0.05, 0) is 50.1 Å². The van der Waals surface area contributed by atoms with Crippen LogP contribution in [0.25, 0.3) is 11.3 Å². The van der Waals surface area contributed by atoms with Crippen molar-refractivity contribution in [2.75, 3.05) is 13.6 Å². The highest BCUT2D eigenvalue weighted by atomic mass is 16.5. The van der Waals surface area contributed by atoms with Gasteiger partial charge in [-0.3, -0.25) is 9.59 Å². The van der Waals surface area contributed by atoms with Gasteiger partial charge in [-0.15, -0.1) is 0 Å². The number of aliphatic carboxylic acids is 1. The summed E-state index contributed by atoms with van der Waals surface area (Å²) in [6.45, 7) is 2.16. The first-order chi connectivity index (χ1) is 16.9. The van der Waals surface area contributed by atoms with Crippen LogP contribution < -0.4 is 4.74 Å². The minimum Gasteiger partial charge on any atom is -0.485 e. The van der Waals surface area contributed by atoms with E-state index < -0.39 is 5.97 Å². The fourth-order valence-corrected chi connectivity index (χ4v) is 4.78. The molecule has 1 aliphatic carbocycles. The van der Waals surface area contributed by atoms with Gasteiger partial charge in [0.1, 0.15) is 23.4 Å². The van der Waals surface area contributed by atoms with Crippen molar-refractivity contribution in [3.8, 4) is 17.1 Å². The fraction of sp³-hybridized carbons (Fsp3) is 0.379. The number of carboxylic acid groups (broad SMARTS) is 1. The van der Waals surface area contributed by atoms with Gasteiger partial charge in [0.05, 0.1) is 6.42 Å². The first kappa shape index (κ1) is 24.6. The molecular weight excluding hydrogens is 442 g/mol. The van der Waals surface area contributed by atoms with Crippen LogP contribution in [0.4, 0.5) is 0 Å². The number of carbonyl (C=O) groups is 2. The van der Waals surface area contributed by atoms with E-state index in [1.54, 1.807) is 19.2 Å². The van der Waals surface area contributed by atoms with Crippen molar-refractivity contribution >= 4 is 11.9 Å². The Balaban J connectivity index is 1.54. The van der Waals surface area contributed by atoms with E-state index in [0.29, 0.717) is 17.2 Å². The van der Waals surface area contributed by atoms with E-state index in [2.05, 4.69) is 6.07 Å². The maximum absolute atomic E-state index is 12.6. The Bertz CT molecular complexity index is 1130. The van der Waals surface area contributed by atoms with E-state index in [-0.39, 0.29) is 25.0 Å². The lowest BCUT2D eigenvalue weighted by atomic mass is 9.82. The number of carboxylic acids is 1. The Kier molecular flexibility index (Phi) is 7.91. The highest BCUT2D eigenvalue weighted by molar-refractivity contribution is 5.94. The molecule has 1 heterocycles. The second-order valence-corrected chi connectivity index (χ2v) is 9.32. The predicted molar refractivity (Wildman–Crippen MR) is 134 cm³/mol. The second kappa shape index (κ2) is 11.3. The number of ether oxygens (including phenoxy) is 1. The third-order valence-corrected chi connectivity index (χ3v) is 6.77. The summed E-state index contributed by atoms with van der Waals surface area (Å²) < 4.78 is 12.7. The SMILES string of the molecule is Cc1oc(-c2ccccc2)cc1C(Oc1ccc(C(=O)N(C)CCC(=O)O)cc1)C1CCCCC1. The number of rotatable bonds is 9. The van der Waals surface area contributed by atoms with E-state index in [4.69, 9.17) is 14.3 Å². The van der Waals surface area contributed by atoms with Crippen LogP contribution in [0, 0.1) is 12.8 Å². The molecule has 3 aromatic rings. The molecule has 6 heteroatoms. The summed E-state index contributed by atoms with van der Waals surface area (Å²) in [7, 11) is 1.61. The van der Waals surface area contributed by atoms with Crippen LogP contribution >= 0.6 is 0 Å². The topological polar surface area (TPSA) is 80.0 Å². The molecule has 1 amide bonds. The minimum atomic E-state index is -0.924. The zero-order valence-electron chi connectivity index (χ0n) is 20.4. The summed E-state index contributed by atoms with van der Waals surface area (Å²) >= 11 is 0. The fourth-order valence-electron chi connectivity index (χ4n) is 4.78. The van der Waals surface area contributed by atoms with Crippen LogP contribution in [0.1, 0.15) is 66.3 Å². The van der Waals surface area contributed by atoms with Crippen LogP contribution in [0.15, 0.2) is 65.1 Å². The van der Waals surface area contributed by atoms with E-state index in [1.807, 2.05) is 49.4 Å². The number of furan rings is 1. The van der Waals surface area contributed by atoms with E-state index in [0.717, 1.165) is 35.5 Å². The monoisotopic (exact) mass is 475 g/mol. The highest BCUT2D eigenvalue weighted by Crippen LogP contribution is 2.41. The zero-order chi connectivity index (χ0) is 24.8. The third-order valence-electron chi connectivity index (χ3n) is 6.77. The number of carbonyl (C=O) groups excluding carboxylic acids is 1. The summed E-state index contributed by atoms with van der Waals surface area (Å²) in [5, 5.41) is 8.86. The van der Waals surface area contributed by atoms with E-state index >= 15 is 0 Å². The average Bonchev–Trinajstić information content (AvgIpc) is 3.28. The van der Waals surface area contributed by atoms with Gasteiger partial charge in [-0.2, -0.15) is 0 Å². The Hall–Kier alpha value is -3.54. The van der Waals surface area contributed by atoms with Gasteiger partial charge in [-0.25, -0.2) is 0 Å². The van der Waals surface area contributed by atoms with Crippen LogP contribution in [0.2, 0.25) is 0 Å². The lowest BCUT2D eigenvalue weighted by Gasteiger charge is -2.30. The predicted octanol–water partition coefficient (Wildman–Crippen LogP) is 6.50. The standard InChI is InChI=1S/C29H33NO5/c1-20-25(19-26(34-20)21-9-5-3-6-10-21)28(22-11-7-4-8-12-22)35-24-15-13-23(14-16-24)29(33)30(2)18-17-27(31)32/h3,5-6,9-10,13-16,19,22,28H,4,7-8,11-12,17-18H2,1-2H3,(H,31,32). The van der Waals surface area contributed by atoms with Crippen LogP contribution in [0.3, 0.4) is 0 Å². The first-order valence-electron chi connectivity index (χ1n) is 12.3. The molecule has 35 heavy (non-hydrogen) atoms. The quantitative estimate of drug-likeness (QED) is 0.382. The molecule has 184 valence electrons. The molecule has 0 bridgehead atoms. The Morgan fingerprint density at radius 2 is 1.74 bits per heavy atom. The van der Waals surface area contributed by atoms with Gasteiger partial charge in [-0.1, -0.05) is 49.6 Å². The van der Waals surface area contributed by atoms with Crippen LogP contribution in [-0.2, 0) is 4.79 Å². The van der Waals surface area contributed by atoms with Crippen molar-refractivity contribution in [3.05, 3.63) is 77.6 Å². The van der Waals surface area contributed by atoms with Gasteiger partial charge < -0.3 is 19.2 Å². The summed E-state index contributed by atoms with van der Waals surface area (Å²) in [4.78, 5) is 24.8. The van der Waals surface area contributed by atoms with E-state index in [1.165, 1.54) is 24.2 Å². The molecule has 6 nitrogen and oxygen atoms in total. The Morgan fingerprint density at radius 1 is 1.06 bits per heavy atom. The van der Waals surface area contributed by atoms with Crippen molar-refractivity contribution < 1.29 is 23.8 Å². The van der Waals surface area contributed by atoms with Gasteiger partial charge in [0.25, 0.3) is 5.91 Å². The molecule has 1 aliphatic rings. The summed E-state index contributed by atoms with van der Waals surface area (Å²) in [6, 6.07) is 19.3. The van der Waals surface area contributed by atoms with Gasteiger partial charge in [0, 0.05) is 36.2 Å². The number of hydrogen-bond donors (Lipinski definition) is 1. The average molecular weight is 476 g/mol. The molecule has 0 spiro atoms. The zero-order valence-corrected chi connectivity index (χ0v) is 20.4. The molecule has 2 aromatic carbocycles. The maximum atomic E-state index is 12.6. The van der Waals surface area contributed by atoms with Crippen molar-refractivity contribution in [1.82, 2.24) is 4.90 Å². The molecule has 0 aliphatic heterocycles. The second-order valence-electron chi connectivity index (χ2n) is 9.32. The Morgan fingerprint density at radius 3 is 2.40 bits per heavy atom. The summed E-state index contributed by atoms with van der Waals surface area (Å²) in [6.07, 6.45) is 5.67. The van der Waals surface area contributed by atoms with Crippen molar-refractivity contribution in [2.24, 2.45) is 5.92 Å². The van der Waals surface area contributed by atoms with Crippen molar-refractivity contribution in [3.63, 3.8) is 0 Å². The van der Waals surface area contributed by atoms with Gasteiger partial charge in [0.15, 0.2) is 0 Å². The first-order valence-corrected chi connectivity index (χ1v) is 12.3. The smallest absolute Gasteiger partial charge is 0.305 e. The number of hydrogen-bond acceptors (Lipinski definition) is 4. The number of nitrogens with zero attached hydrogens (tertiary/aromatic N) is 1. The molecule has 1 atom stereocenters. The highest BCUT2D eigenvalue weighted by Gasteiger charge is 2.30. The van der Waals surface area contributed by atoms with E-state index in [9.17, 15) is 9.59 Å². The van der Waals surface area contributed by atoms with Gasteiger partial charge in [0.2, 0.25) is 0 Å². The van der Waals surface area contributed by atoms with Crippen LogP contribution in [-0.4, -0.2) is 35.5 Å². The normalized spacial score (nSPS) is 14.9. The molecule has 0 saturated heterocycles. The number of aryl methyl sites for hydroxylation is 1. The largest absolute Gasteiger partial charge is 0.485 e. The number of benzene rings is 2. The molecule has 1 fully saturated rings. The lowest BCUT2D eigenvalue weighted by Crippen LogP contribution is -2.29. The summed E-state index contributed by atoms with van der Waals surface area (Å²) in [5.41, 5.74) is 2.62. The maximum Gasteiger partial charge on any atom is 0.305 e. The minimum absolute atomic E-state index is 0.0818. The molecular formula is C29H33NO5. The molecule has 1 unspecified atom stereocenters. The third kappa shape index (κ3) is 6.13. The van der Waals surface area contributed by atoms with Crippen molar-refractivity contribution in [2.45, 2.75) is 51.6 Å². The molecule has 1 aromatic heterocycles. The molecule has 1 saturated carbocycles. The lowest BCUT2D eigenvalue weighted by molar-refractivity contribution is -0.137. The molecule has 1 N–H and O–H groups in total. The van der Waals surface area contributed by atoms with Crippen LogP contribution in [0.5, 0.6) is 5.75 Å². The number of amides is 1. The van der Waals surface area contributed by atoms with Crippen molar-refractivity contribution in [1.29, 1.82) is 0 Å². The molecule has 4 rings (SSSR count). The summed E-state index contributed by atoms with van der Waals surface area (Å²) in [5.74, 6) is 1.67. The van der Waals surface area contributed by atoms with Gasteiger partial charge >= 0.3 is 5.97 Å².